The van der Waals surface area contributed by atoms with Gasteiger partial charge in [-0.15, -0.1) is 0 Å². The van der Waals surface area contributed by atoms with Gasteiger partial charge < -0.3 is 10.6 Å². The number of carbonyl (C=O) groups is 1. The number of hydrogen-bond acceptors (Lipinski definition) is 2. The van der Waals surface area contributed by atoms with Crippen LogP contribution in [0.15, 0.2) is 28.7 Å². The molecule has 1 atom stereocenters. The van der Waals surface area contributed by atoms with Gasteiger partial charge in [0.1, 0.15) is 0 Å². The Labute approximate surface area is 129 Å². The zero-order chi connectivity index (χ0) is 14.4. The summed E-state index contributed by atoms with van der Waals surface area (Å²) in [6.45, 7) is 2.46. The fraction of sp³-hybridized carbons (Fsp3) is 0.562. The molecule has 1 fully saturated rings. The SMILES string of the molecule is C[C@H](NCC(=O)NC1CCCCC1)c1ccc(Br)cc1. The Balaban J connectivity index is 1.73. The van der Waals surface area contributed by atoms with Crippen LogP contribution in [-0.4, -0.2) is 18.5 Å². The summed E-state index contributed by atoms with van der Waals surface area (Å²) in [6.07, 6.45) is 6.06. The van der Waals surface area contributed by atoms with Crippen LogP contribution in [0.4, 0.5) is 0 Å². The lowest BCUT2D eigenvalue weighted by atomic mass is 9.95. The Morgan fingerprint density at radius 3 is 2.55 bits per heavy atom. The van der Waals surface area contributed by atoms with Crippen molar-refractivity contribution in [3.8, 4) is 0 Å². The third kappa shape index (κ3) is 4.91. The van der Waals surface area contributed by atoms with Crippen molar-refractivity contribution in [2.75, 3.05) is 6.54 Å². The quantitative estimate of drug-likeness (QED) is 0.861. The summed E-state index contributed by atoms with van der Waals surface area (Å²) in [6, 6.07) is 8.76. The molecular formula is C16H23BrN2O. The maximum atomic E-state index is 11.9. The number of halogens is 1. The van der Waals surface area contributed by atoms with Crippen LogP contribution < -0.4 is 10.6 Å². The molecule has 1 aromatic carbocycles. The Morgan fingerprint density at radius 1 is 1.25 bits per heavy atom. The third-order valence-electron chi connectivity index (χ3n) is 3.91. The van der Waals surface area contributed by atoms with E-state index in [1.807, 2.05) is 12.1 Å². The van der Waals surface area contributed by atoms with Gasteiger partial charge in [-0.3, -0.25) is 4.79 Å². The van der Waals surface area contributed by atoms with Gasteiger partial charge in [0.15, 0.2) is 0 Å². The number of amides is 1. The van der Waals surface area contributed by atoms with E-state index in [4.69, 9.17) is 0 Å². The van der Waals surface area contributed by atoms with Crippen LogP contribution in [0.2, 0.25) is 0 Å². The van der Waals surface area contributed by atoms with Gasteiger partial charge in [0.05, 0.1) is 6.54 Å². The highest BCUT2D eigenvalue weighted by Crippen LogP contribution is 2.18. The van der Waals surface area contributed by atoms with E-state index >= 15 is 0 Å². The molecule has 1 saturated carbocycles. The van der Waals surface area contributed by atoms with Gasteiger partial charge in [-0.1, -0.05) is 47.3 Å². The molecule has 2 N–H and O–H groups in total. The molecule has 2 rings (SSSR count). The van der Waals surface area contributed by atoms with Crippen molar-refractivity contribution in [3.05, 3.63) is 34.3 Å². The molecule has 1 aromatic rings. The summed E-state index contributed by atoms with van der Waals surface area (Å²) < 4.78 is 1.07. The first kappa shape index (κ1) is 15.5. The molecule has 0 aliphatic heterocycles. The number of hydrogen-bond donors (Lipinski definition) is 2. The maximum Gasteiger partial charge on any atom is 0.234 e. The van der Waals surface area contributed by atoms with E-state index in [0.717, 1.165) is 17.3 Å². The highest BCUT2D eigenvalue weighted by Gasteiger charge is 2.16. The first-order valence-electron chi connectivity index (χ1n) is 7.43. The van der Waals surface area contributed by atoms with Crippen LogP contribution in [-0.2, 0) is 4.79 Å². The van der Waals surface area contributed by atoms with Crippen LogP contribution in [0, 0.1) is 0 Å². The van der Waals surface area contributed by atoms with Crippen molar-refractivity contribution >= 4 is 21.8 Å². The van der Waals surface area contributed by atoms with E-state index in [1.54, 1.807) is 0 Å². The molecule has 0 radical (unpaired) electrons. The van der Waals surface area contributed by atoms with Gasteiger partial charge in [-0.05, 0) is 37.5 Å². The average Bonchev–Trinajstić information content (AvgIpc) is 2.46. The Hall–Kier alpha value is -0.870. The largest absolute Gasteiger partial charge is 0.352 e. The summed E-state index contributed by atoms with van der Waals surface area (Å²) in [5.41, 5.74) is 1.19. The summed E-state index contributed by atoms with van der Waals surface area (Å²) in [7, 11) is 0. The standard InChI is InChI=1S/C16H23BrN2O/c1-12(13-7-9-14(17)10-8-13)18-11-16(20)19-15-5-3-2-4-6-15/h7-10,12,15,18H,2-6,11H2,1H3,(H,19,20)/t12-/m0/s1. The Kier molecular flexibility index (Phi) is 6.05. The minimum Gasteiger partial charge on any atom is -0.352 e. The van der Waals surface area contributed by atoms with Crippen LogP contribution in [0.25, 0.3) is 0 Å². The van der Waals surface area contributed by atoms with E-state index < -0.39 is 0 Å². The smallest absolute Gasteiger partial charge is 0.234 e. The Morgan fingerprint density at radius 2 is 1.90 bits per heavy atom. The molecule has 110 valence electrons. The molecule has 0 saturated heterocycles. The van der Waals surface area contributed by atoms with E-state index in [1.165, 1.54) is 24.8 Å². The molecule has 3 nitrogen and oxygen atoms in total. The third-order valence-corrected chi connectivity index (χ3v) is 4.44. The normalized spacial score (nSPS) is 17.7. The predicted molar refractivity (Wildman–Crippen MR) is 85.6 cm³/mol. The predicted octanol–water partition coefficient (Wildman–Crippen LogP) is 3.55. The van der Waals surface area contributed by atoms with Gasteiger partial charge in [0.2, 0.25) is 5.91 Å². The number of rotatable bonds is 5. The maximum absolute atomic E-state index is 11.9. The van der Waals surface area contributed by atoms with Crippen molar-refractivity contribution in [2.24, 2.45) is 0 Å². The minimum atomic E-state index is 0.112. The van der Waals surface area contributed by atoms with Crippen LogP contribution >= 0.6 is 15.9 Å². The van der Waals surface area contributed by atoms with E-state index in [-0.39, 0.29) is 11.9 Å². The molecule has 0 heterocycles. The number of nitrogens with one attached hydrogen (secondary N) is 2. The highest BCUT2D eigenvalue weighted by atomic mass is 79.9. The second-order valence-corrected chi connectivity index (χ2v) is 6.47. The molecule has 4 heteroatoms. The first-order valence-corrected chi connectivity index (χ1v) is 8.22. The second-order valence-electron chi connectivity index (χ2n) is 5.56. The fourth-order valence-corrected chi connectivity index (χ4v) is 2.91. The Bertz CT molecular complexity index is 427. The summed E-state index contributed by atoms with van der Waals surface area (Å²) in [4.78, 5) is 11.9. The van der Waals surface area contributed by atoms with Gasteiger partial charge in [0.25, 0.3) is 0 Å². The molecular weight excluding hydrogens is 316 g/mol. The topological polar surface area (TPSA) is 41.1 Å². The van der Waals surface area contributed by atoms with Gasteiger partial charge in [0, 0.05) is 16.6 Å². The molecule has 1 aliphatic rings. The summed E-state index contributed by atoms with van der Waals surface area (Å²) in [5.74, 6) is 0.112. The van der Waals surface area contributed by atoms with E-state index in [2.05, 4.69) is 45.6 Å². The summed E-state index contributed by atoms with van der Waals surface area (Å²) in [5, 5.41) is 6.41. The lowest BCUT2D eigenvalue weighted by Crippen LogP contribution is -2.41. The zero-order valence-electron chi connectivity index (χ0n) is 12.0. The highest BCUT2D eigenvalue weighted by molar-refractivity contribution is 9.10. The average molecular weight is 339 g/mol. The van der Waals surface area contributed by atoms with Gasteiger partial charge in [-0.25, -0.2) is 0 Å². The molecule has 0 unspecified atom stereocenters. The molecule has 0 spiro atoms. The van der Waals surface area contributed by atoms with Crippen molar-refractivity contribution in [1.29, 1.82) is 0 Å². The van der Waals surface area contributed by atoms with Crippen LogP contribution in [0.1, 0.15) is 50.6 Å². The molecule has 0 aromatic heterocycles. The van der Waals surface area contributed by atoms with Gasteiger partial charge in [-0.2, -0.15) is 0 Å². The zero-order valence-corrected chi connectivity index (χ0v) is 13.6. The minimum absolute atomic E-state index is 0.112. The molecule has 1 aliphatic carbocycles. The fourth-order valence-electron chi connectivity index (χ4n) is 2.64. The van der Waals surface area contributed by atoms with Crippen molar-refractivity contribution < 1.29 is 4.79 Å². The number of benzene rings is 1. The lowest BCUT2D eigenvalue weighted by Gasteiger charge is -2.23. The monoisotopic (exact) mass is 338 g/mol. The number of carbonyl (C=O) groups excluding carboxylic acids is 1. The van der Waals surface area contributed by atoms with Crippen molar-refractivity contribution in [3.63, 3.8) is 0 Å². The van der Waals surface area contributed by atoms with Crippen LogP contribution in [0.3, 0.4) is 0 Å². The van der Waals surface area contributed by atoms with Crippen molar-refractivity contribution in [1.82, 2.24) is 10.6 Å². The van der Waals surface area contributed by atoms with Crippen LogP contribution in [0.5, 0.6) is 0 Å². The lowest BCUT2D eigenvalue weighted by molar-refractivity contribution is -0.121. The molecule has 20 heavy (non-hydrogen) atoms. The van der Waals surface area contributed by atoms with Crippen molar-refractivity contribution in [2.45, 2.75) is 51.1 Å². The molecule has 0 bridgehead atoms. The first-order chi connectivity index (χ1) is 9.65. The summed E-state index contributed by atoms with van der Waals surface area (Å²) >= 11 is 3.43. The second kappa shape index (κ2) is 7.79. The van der Waals surface area contributed by atoms with E-state index in [9.17, 15) is 4.79 Å². The van der Waals surface area contributed by atoms with Gasteiger partial charge >= 0.3 is 0 Å². The van der Waals surface area contributed by atoms with E-state index in [0.29, 0.717) is 12.6 Å². The molecule has 1 amide bonds.